The lowest BCUT2D eigenvalue weighted by Gasteiger charge is -1.97. The lowest BCUT2D eigenvalue weighted by atomic mass is 10.1. The first-order valence-corrected chi connectivity index (χ1v) is 4.99. The van der Waals surface area contributed by atoms with Gasteiger partial charge in [0.15, 0.2) is 0 Å². The van der Waals surface area contributed by atoms with Crippen molar-refractivity contribution in [2.75, 3.05) is 6.61 Å². The quantitative estimate of drug-likeness (QED) is 0.733. The highest BCUT2D eigenvalue weighted by atomic mass is 19.1. The molecule has 0 saturated carbocycles. The molecule has 0 bridgehead atoms. The largest absolute Gasteiger partial charge is 0.460 e. The van der Waals surface area contributed by atoms with Crippen LogP contribution in [0.1, 0.15) is 23.0 Å². The fraction of sp³-hybridized carbons (Fsp3) is 0.250. The minimum absolute atomic E-state index is 0.141. The molecule has 0 N–H and O–H groups in total. The van der Waals surface area contributed by atoms with Gasteiger partial charge in [-0.05, 0) is 26.0 Å². The van der Waals surface area contributed by atoms with Gasteiger partial charge >= 0.3 is 5.97 Å². The number of aryl methyl sites for hydroxylation is 1. The van der Waals surface area contributed by atoms with Crippen LogP contribution in [0.3, 0.4) is 0 Å². The number of hydrogen-bond acceptors (Lipinski definition) is 3. The molecule has 0 spiro atoms. The molecule has 2 rings (SSSR count). The van der Waals surface area contributed by atoms with E-state index in [1.807, 2.05) is 0 Å². The molecular formula is C12H11FO3. The Morgan fingerprint density at radius 3 is 2.94 bits per heavy atom. The third-order valence-electron chi connectivity index (χ3n) is 2.36. The number of hydrogen-bond donors (Lipinski definition) is 0. The Morgan fingerprint density at radius 1 is 1.50 bits per heavy atom. The van der Waals surface area contributed by atoms with Gasteiger partial charge in [-0.1, -0.05) is 0 Å². The van der Waals surface area contributed by atoms with E-state index in [4.69, 9.17) is 9.15 Å². The van der Waals surface area contributed by atoms with Crippen molar-refractivity contribution in [3.8, 4) is 0 Å². The summed E-state index contributed by atoms with van der Waals surface area (Å²) < 4.78 is 23.1. The number of benzene rings is 1. The Labute approximate surface area is 91.8 Å². The standard InChI is InChI=1S/C12H11FO3/c1-3-15-12(14)11-7(2)9-5-4-8(13)6-10(9)16-11/h4-6H,3H2,1-2H3. The maximum atomic E-state index is 13.0. The maximum Gasteiger partial charge on any atom is 0.374 e. The third-order valence-corrected chi connectivity index (χ3v) is 2.36. The van der Waals surface area contributed by atoms with Crippen LogP contribution in [0, 0.1) is 12.7 Å². The highest BCUT2D eigenvalue weighted by Crippen LogP contribution is 2.26. The van der Waals surface area contributed by atoms with Crippen molar-refractivity contribution in [2.24, 2.45) is 0 Å². The second-order valence-corrected chi connectivity index (χ2v) is 3.42. The molecule has 84 valence electrons. The van der Waals surface area contributed by atoms with Gasteiger partial charge in [-0.2, -0.15) is 0 Å². The van der Waals surface area contributed by atoms with E-state index in [0.717, 1.165) is 5.39 Å². The number of carbonyl (C=O) groups is 1. The minimum atomic E-state index is -0.517. The average molecular weight is 222 g/mol. The van der Waals surface area contributed by atoms with Crippen molar-refractivity contribution < 1.29 is 18.3 Å². The van der Waals surface area contributed by atoms with Crippen molar-refractivity contribution in [1.29, 1.82) is 0 Å². The van der Waals surface area contributed by atoms with Crippen molar-refractivity contribution in [1.82, 2.24) is 0 Å². The Kier molecular flexibility index (Phi) is 2.64. The molecular weight excluding hydrogens is 211 g/mol. The Hall–Kier alpha value is -1.84. The van der Waals surface area contributed by atoms with Crippen molar-refractivity contribution in [3.63, 3.8) is 0 Å². The summed E-state index contributed by atoms with van der Waals surface area (Å²) in [5.74, 6) is -0.768. The molecule has 0 saturated heterocycles. The van der Waals surface area contributed by atoms with E-state index in [1.165, 1.54) is 12.1 Å². The zero-order valence-electron chi connectivity index (χ0n) is 9.04. The SMILES string of the molecule is CCOC(=O)c1oc2cc(F)ccc2c1C. The van der Waals surface area contributed by atoms with E-state index in [2.05, 4.69) is 0 Å². The second kappa shape index (κ2) is 3.96. The van der Waals surface area contributed by atoms with Crippen LogP contribution in [0.15, 0.2) is 22.6 Å². The summed E-state index contributed by atoms with van der Waals surface area (Å²) in [6.45, 7) is 3.75. The Morgan fingerprint density at radius 2 is 2.25 bits per heavy atom. The van der Waals surface area contributed by atoms with Gasteiger partial charge in [0.05, 0.1) is 6.61 Å². The van der Waals surface area contributed by atoms with Crippen LogP contribution in [0.5, 0.6) is 0 Å². The summed E-state index contributed by atoms with van der Waals surface area (Å²) >= 11 is 0. The Bertz CT molecular complexity index is 542. The first-order valence-electron chi connectivity index (χ1n) is 4.99. The number of halogens is 1. The summed E-state index contributed by atoms with van der Waals surface area (Å²) in [4.78, 5) is 11.5. The van der Waals surface area contributed by atoms with Crippen molar-refractivity contribution >= 4 is 16.9 Å². The van der Waals surface area contributed by atoms with Gasteiger partial charge in [-0.15, -0.1) is 0 Å². The lowest BCUT2D eigenvalue weighted by molar-refractivity contribution is 0.0491. The van der Waals surface area contributed by atoms with E-state index in [-0.39, 0.29) is 12.4 Å². The maximum absolute atomic E-state index is 13.0. The lowest BCUT2D eigenvalue weighted by Crippen LogP contribution is -2.04. The predicted octanol–water partition coefficient (Wildman–Crippen LogP) is 3.06. The molecule has 16 heavy (non-hydrogen) atoms. The molecule has 0 amide bonds. The zero-order chi connectivity index (χ0) is 11.7. The van der Waals surface area contributed by atoms with Crippen LogP contribution in [-0.4, -0.2) is 12.6 Å². The summed E-state index contributed by atoms with van der Waals surface area (Å²) in [5.41, 5.74) is 1.04. The second-order valence-electron chi connectivity index (χ2n) is 3.42. The molecule has 1 heterocycles. The third kappa shape index (κ3) is 1.66. The predicted molar refractivity (Wildman–Crippen MR) is 56.9 cm³/mol. The normalized spacial score (nSPS) is 10.7. The van der Waals surface area contributed by atoms with Gasteiger partial charge in [0.2, 0.25) is 5.76 Å². The average Bonchev–Trinajstić information content (AvgIpc) is 2.56. The summed E-state index contributed by atoms with van der Waals surface area (Å²) in [6.07, 6.45) is 0. The number of ether oxygens (including phenoxy) is 1. The zero-order valence-corrected chi connectivity index (χ0v) is 9.04. The van der Waals surface area contributed by atoms with Gasteiger partial charge in [0.1, 0.15) is 11.4 Å². The van der Waals surface area contributed by atoms with E-state index in [0.29, 0.717) is 11.1 Å². The number of carbonyl (C=O) groups excluding carboxylic acids is 1. The van der Waals surface area contributed by atoms with Gasteiger partial charge in [-0.25, -0.2) is 9.18 Å². The van der Waals surface area contributed by atoms with Crippen LogP contribution >= 0.6 is 0 Å². The van der Waals surface area contributed by atoms with Gasteiger partial charge in [0.25, 0.3) is 0 Å². The Balaban J connectivity index is 2.55. The molecule has 0 unspecified atom stereocenters. The molecule has 0 atom stereocenters. The highest BCUT2D eigenvalue weighted by molar-refractivity contribution is 5.95. The number of furan rings is 1. The van der Waals surface area contributed by atoms with Crippen LogP contribution < -0.4 is 0 Å². The first kappa shape index (κ1) is 10.7. The smallest absolute Gasteiger partial charge is 0.374 e. The molecule has 3 nitrogen and oxygen atoms in total. The topological polar surface area (TPSA) is 39.4 Å². The number of rotatable bonds is 2. The fourth-order valence-corrected chi connectivity index (χ4v) is 1.59. The number of esters is 1. The molecule has 0 fully saturated rings. The molecule has 0 aliphatic carbocycles. The molecule has 0 aliphatic heterocycles. The van der Waals surface area contributed by atoms with E-state index in [1.54, 1.807) is 19.9 Å². The monoisotopic (exact) mass is 222 g/mol. The van der Waals surface area contributed by atoms with Crippen molar-refractivity contribution in [2.45, 2.75) is 13.8 Å². The fourth-order valence-electron chi connectivity index (χ4n) is 1.59. The van der Waals surface area contributed by atoms with Crippen LogP contribution in [0.25, 0.3) is 11.0 Å². The van der Waals surface area contributed by atoms with Crippen LogP contribution in [0.2, 0.25) is 0 Å². The van der Waals surface area contributed by atoms with E-state index >= 15 is 0 Å². The van der Waals surface area contributed by atoms with E-state index < -0.39 is 11.8 Å². The first-order chi connectivity index (χ1) is 7.63. The summed E-state index contributed by atoms with van der Waals surface area (Å²) in [6, 6.07) is 4.18. The minimum Gasteiger partial charge on any atom is -0.460 e. The molecule has 0 radical (unpaired) electrons. The highest BCUT2D eigenvalue weighted by Gasteiger charge is 2.18. The van der Waals surface area contributed by atoms with Gasteiger partial charge < -0.3 is 9.15 Å². The van der Waals surface area contributed by atoms with Crippen LogP contribution in [-0.2, 0) is 4.74 Å². The molecule has 1 aromatic heterocycles. The van der Waals surface area contributed by atoms with E-state index in [9.17, 15) is 9.18 Å². The molecule has 2 aromatic rings. The van der Waals surface area contributed by atoms with Gasteiger partial charge in [-0.3, -0.25) is 0 Å². The molecule has 4 heteroatoms. The molecule has 1 aromatic carbocycles. The van der Waals surface area contributed by atoms with Crippen molar-refractivity contribution in [3.05, 3.63) is 35.3 Å². The number of fused-ring (bicyclic) bond motifs is 1. The summed E-state index contributed by atoms with van der Waals surface area (Å²) in [7, 11) is 0. The van der Waals surface area contributed by atoms with Gasteiger partial charge in [0, 0.05) is 17.0 Å². The van der Waals surface area contributed by atoms with Crippen LogP contribution in [0.4, 0.5) is 4.39 Å². The summed E-state index contributed by atoms with van der Waals surface area (Å²) in [5, 5.41) is 0.726. The molecule has 0 aliphatic rings.